The van der Waals surface area contributed by atoms with E-state index < -0.39 is 29.9 Å². The highest BCUT2D eigenvalue weighted by Gasteiger charge is 2.49. The number of benzene rings is 2. The lowest BCUT2D eigenvalue weighted by Gasteiger charge is -2.22. The van der Waals surface area contributed by atoms with E-state index in [1.807, 2.05) is 25.1 Å². The maximum Gasteiger partial charge on any atom is 0.325 e. The predicted molar refractivity (Wildman–Crippen MR) is 110 cm³/mol. The molecule has 29 heavy (non-hydrogen) atoms. The molecular weight excluding hydrogens is 388 g/mol. The van der Waals surface area contributed by atoms with Crippen LogP contribution in [-0.2, 0) is 15.1 Å². The number of nitrogens with zero attached hydrogens (tertiary/aromatic N) is 2. The van der Waals surface area contributed by atoms with Gasteiger partial charge in [-0.05, 0) is 31.5 Å². The first kappa shape index (κ1) is 20.4. The lowest BCUT2D eigenvalue weighted by Crippen LogP contribution is -2.42. The fourth-order valence-corrected chi connectivity index (χ4v) is 3.73. The fourth-order valence-electron chi connectivity index (χ4n) is 3.06. The van der Waals surface area contributed by atoms with Crippen molar-refractivity contribution < 1.29 is 14.4 Å². The largest absolute Gasteiger partial charge is 0.325 e. The molecule has 2 aromatic rings. The number of imide groups is 1. The number of hydrogen-bond acceptors (Lipinski definition) is 5. The van der Waals surface area contributed by atoms with Crippen LogP contribution in [0.2, 0.25) is 0 Å². The van der Waals surface area contributed by atoms with Gasteiger partial charge in [-0.2, -0.15) is 5.26 Å². The second-order valence-corrected chi connectivity index (χ2v) is 7.82. The molecule has 1 atom stereocenters. The monoisotopic (exact) mass is 408 g/mol. The van der Waals surface area contributed by atoms with Gasteiger partial charge in [-0.1, -0.05) is 42.0 Å². The van der Waals surface area contributed by atoms with Gasteiger partial charge in [0.2, 0.25) is 5.91 Å². The van der Waals surface area contributed by atoms with Gasteiger partial charge in [-0.3, -0.25) is 14.5 Å². The minimum atomic E-state index is -1.22. The third-order valence-electron chi connectivity index (χ3n) is 4.66. The summed E-state index contributed by atoms with van der Waals surface area (Å²) in [4.78, 5) is 39.5. The van der Waals surface area contributed by atoms with Crippen molar-refractivity contribution >= 4 is 35.3 Å². The quantitative estimate of drug-likeness (QED) is 0.565. The van der Waals surface area contributed by atoms with E-state index >= 15 is 0 Å². The first-order valence-electron chi connectivity index (χ1n) is 8.95. The van der Waals surface area contributed by atoms with E-state index in [9.17, 15) is 14.4 Å². The van der Waals surface area contributed by atoms with Crippen molar-refractivity contribution in [1.82, 2.24) is 10.2 Å². The standard InChI is InChI=1S/C21H20N4O3S/c1-14-7-9-15(10-8-14)21(2)19(27)25(20(28)24-21)13-18(26)23-16-5-3-4-6-17(16)29-12-11-22/h3-10H,12-13H2,1-2H3,(H,23,26)(H,24,28)/t21-/m1/s1. The summed E-state index contributed by atoms with van der Waals surface area (Å²) in [5.74, 6) is -0.727. The van der Waals surface area contributed by atoms with Gasteiger partial charge in [0, 0.05) is 4.90 Å². The molecule has 7 nitrogen and oxygen atoms in total. The Morgan fingerprint density at radius 3 is 2.59 bits per heavy atom. The number of hydrogen-bond donors (Lipinski definition) is 2. The molecule has 1 saturated heterocycles. The molecule has 0 unspecified atom stereocenters. The van der Waals surface area contributed by atoms with Gasteiger partial charge in [0.1, 0.15) is 12.1 Å². The number of nitriles is 1. The van der Waals surface area contributed by atoms with Crippen molar-refractivity contribution in [3.05, 3.63) is 59.7 Å². The van der Waals surface area contributed by atoms with E-state index in [4.69, 9.17) is 5.26 Å². The topological polar surface area (TPSA) is 102 Å². The third-order valence-corrected chi connectivity index (χ3v) is 5.60. The summed E-state index contributed by atoms with van der Waals surface area (Å²) >= 11 is 1.30. The van der Waals surface area contributed by atoms with Gasteiger partial charge in [-0.25, -0.2) is 4.79 Å². The van der Waals surface area contributed by atoms with E-state index in [1.165, 1.54) is 11.8 Å². The highest BCUT2D eigenvalue weighted by molar-refractivity contribution is 7.99. The van der Waals surface area contributed by atoms with Gasteiger partial charge in [-0.15, -0.1) is 11.8 Å². The third kappa shape index (κ3) is 4.25. The molecule has 1 aliphatic heterocycles. The molecule has 0 radical (unpaired) electrons. The number of thioether (sulfide) groups is 1. The van der Waals surface area contributed by atoms with E-state index in [2.05, 4.69) is 10.6 Å². The van der Waals surface area contributed by atoms with Crippen LogP contribution in [0.1, 0.15) is 18.1 Å². The van der Waals surface area contributed by atoms with Crippen LogP contribution in [0.4, 0.5) is 10.5 Å². The Morgan fingerprint density at radius 1 is 1.21 bits per heavy atom. The molecule has 0 spiro atoms. The zero-order valence-electron chi connectivity index (χ0n) is 16.1. The molecule has 1 fully saturated rings. The van der Waals surface area contributed by atoms with Crippen LogP contribution in [0.5, 0.6) is 0 Å². The molecule has 0 saturated carbocycles. The summed E-state index contributed by atoms with van der Waals surface area (Å²) in [7, 11) is 0. The van der Waals surface area contributed by atoms with E-state index in [1.54, 1.807) is 43.3 Å². The molecule has 0 bridgehead atoms. The molecule has 2 aromatic carbocycles. The van der Waals surface area contributed by atoms with Crippen molar-refractivity contribution in [3.63, 3.8) is 0 Å². The minimum absolute atomic E-state index is 0.245. The molecule has 8 heteroatoms. The van der Waals surface area contributed by atoms with Gasteiger partial charge < -0.3 is 10.6 Å². The number of aryl methyl sites for hydroxylation is 1. The summed E-state index contributed by atoms with van der Waals surface area (Å²) in [6, 6.07) is 15.8. The zero-order chi connectivity index (χ0) is 21.0. The van der Waals surface area contributed by atoms with Crippen molar-refractivity contribution in [3.8, 4) is 6.07 Å². The molecule has 148 valence electrons. The molecule has 3 rings (SSSR count). The molecule has 2 N–H and O–H groups in total. The van der Waals surface area contributed by atoms with Gasteiger partial charge >= 0.3 is 6.03 Å². The summed E-state index contributed by atoms with van der Waals surface area (Å²) in [5, 5.41) is 14.2. The number of urea groups is 1. The normalized spacial score (nSPS) is 18.3. The highest BCUT2D eigenvalue weighted by atomic mass is 32.2. The van der Waals surface area contributed by atoms with Crippen molar-refractivity contribution in [1.29, 1.82) is 5.26 Å². The minimum Gasteiger partial charge on any atom is -0.324 e. The first-order chi connectivity index (χ1) is 13.8. The van der Waals surface area contributed by atoms with Crippen LogP contribution >= 0.6 is 11.8 Å². The van der Waals surface area contributed by atoms with Crippen LogP contribution in [-0.4, -0.2) is 35.0 Å². The second kappa shape index (κ2) is 8.37. The van der Waals surface area contributed by atoms with Crippen molar-refractivity contribution in [2.24, 2.45) is 0 Å². The Kier molecular flexibility index (Phi) is 5.89. The Hall–Kier alpha value is -3.31. The lowest BCUT2D eigenvalue weighted by molar-refractivity contribution is -0.133. The van der Waals surface area contributed by atoms with Crippen LogP contribution in [0.25, 0.3) is 0 Å². The van der Waals surface area contributed by atoms with E-state index in [-0.39, 0.29) is 5.75 Å². The summed E-state index contributed by atoms with van der Waals surface area (Å²) < 4.78 is 0. The molecule has 1 heterocycles. The predicted octanol–water partition coefficient (Wildman–Crippen LogP) is 3.02. The molecule has 0 aromatic heterocycles. The Labute approximate surface area is 173 Å². The zero-order valence-corrected chi connectivity index (χ0v) is 16.9. The summed E-state index contributed by atoms with van der Waals surface area (Å²) in [6.07, 6.45) is 0. The van der Waals surface area contributed by atoms with Gasteiger partial charge in [0.25, 0.3) is 5.91 Å². The van der Waals surface area contributed by atoms with Gasteiger partial charge in [0.15, 0.2) is 0 Å². The van der Waals surface area contributed by atoms with Crippen LogP contribution in [0, 0.1) is 18.3 Å². The number of para-hydroxylation sites is 1. The maximum atomic E-state index is 12.9. The Morgan fingerprint density at radius 2 is 1.90 bits per heavy atom. The SMILES string of the molecule is Cc1ccc([C@@]2(C)NC(=O)N(CC(=O)Nc3ccccc3SCC#N)C2=O)cc1. The number of anilines is 1. The fraction of sp³-hybridized carbons (Fsp3) is 0.238. The van der Waals surface area contributed by atoms with Crippen molar-refractivity contribution in [2.75, 3.05) is 17.6 Å². The second-order valence-electron chi connectivity index (χ2n) is 6.80. The number of nitrogens with one attached hydrogen (secondary N) is 2. The first-order valence-corrected chi connectivity index (χ1v) is 9.93. The van der Waals surface area contributed by atoms with Gasteiger partial charge in [0.05, 0.1) is 17.5 Å². The van der Waals surface area contributed by atoms with E-state index in [0.29, 0.717) is 11.3 Å². The van der Waals surface area contributed by atoms with Crippen molar-refractivity contribution in [2.45, 2.75) is 24.3 Å². The summed E-state index contributed by atoms with van der Waals surface area (Å²) in [6.45, 7) is 3.16. The van der Waals surface area contributed by atoms with Crippen LogP contribution in [0.15, 0.2) is 53.4 Å². The average Bonchev–Trinajstić information content (AvgIpc) is 2.91. The number of amides is 4. The van der Waals surface area contributed by atoms with Crippen LogP contribution in [0.3, 0.4) is 0 Å². The lowest BCUT2D eigenvalue weighted by atomic mass is 9.91. The smallest absolute Gasteiger partial charge is 0.324 e. The molecular formula is C21H20N4O3S. The Bertz CT molecular complexity index is 1000. The Balaban J connectivity index is 1.73. The number of carbonyl (C=O) groups is 3. The average molecular weight is 408 g/mol. The number of rotatable bonds is 6. The molecule has 1 aliphatic rings. The molecule has 0 aliphatic carbocycles. The summed E-state index contributed by atoms with van der Waals surface area (Å²) in [5.41, 5.74) is 1.01. The van der Waals surface area contributed by atoms with E-state index in [0.717, 1.165) is 15.4 Å². The number of carbonyl (C=O) groups excluding carboxylic acids is 3. The highest BCUT2D eigenvalue weighted by Crippen LogP contribution is 2.30. The van der Waals surface area contributed by atoms with Crippen LogP contribution < -0.4 is 10.6 Å². The maximum absolute atomic E-state index is 12.9. The molecule has 4 amide bonds.